The SMILES string of the molecule is CCCCCCCCCCCCCCCC[Si](C)(Cl)Cl. The van der Waals surface area contributed by atoms with Crippen molar-refractivity contribution in [2.45, 2.75) is 109 Å². The van der Waals surface area contributed by atoms with Gasteiger partial charge in [-0.2, -0.15) is 0 Å². The number of rotatable bonds is 15. The Bertz CT molecular complexity index is 190. The molecule has 0 saturated carbocycles. The van der Waals surface area contributed by atoms with Crippen molar-refractivity contribution in [3.63, 3.8) is 0 Å². The van der Waals surface area contributed by atoms with Crippen molar-refractivity contribution in [1.82, 2.24) is 0 Å². The van der Waals surface area contributed by atoms with E-state index in [1.807, 2.05) is 6.55 Å². The summed E-state index contributed by atoms with van der Waals surface area (Å²) < 4.78 is 0. The lowest BCUT2D eigenvalue weighted by molar-refractivity contribution is 0.538. The molecule has 0 radical (unpaired) electrons. The monoisotopic (exact) mass is 338 g/mol. The van der Waals surface area contributed by atoms with E-state index in [1.165, 1.54) is 89.9 Å². The Kier molecular flexibility index (Phi) is 15.3. The molecule has 3 heteroatoms. The van der Waals surface area contributed by atoms with Crippen LogP contribution in [0.1, 0.15) is 96.8 Å². The van der Waals surface area contributed by atoms with Gasteiger partial charge in [0.2, 0.25) is 6.69 Å². The molecule has 0 N–H and O–H groups in total. The first kappa shape index (κ1) is 20.8. The second-order valence-electron chi connectivity index (χ2n) is 6.42. The summed E-state index contributed by atoms with van der Waals surface area (Å²) in [5.74, 6) is 0. The second kappa shape index (κ2) is 14.7. The van der Waals surface area contributed by atoms with Crippen LogP contribution in [0.5, 0.6) is 0 Å². The summed E-state index contributed by atoms with van der Waals surface area (Å²) in [5, 5.41) is 0. The van der Waals surface area contributed by atoms with E-state index < -0.39 is 6.69 Å². The Labute approximate surface area is 138 Å². The smallest absolute Gasteiger partial charge is 0.146 e. The fourth-order valence-corrected chi connectivity index (χ4v) is 4.30. The lowest BCUT2D eigenvalue weighted by Gasteiger charge is -2.09. The predicted octanol–water partition coefficient (Wildman–Crippen LogP) is 8.02. The zero-order valence-electron chi connectivity index (χ0n) is 13.9. The van der Waals surface area contributed by atoms with Gasteiger partial charge in [-0.25, -0.2) is 0 Å². The number of hydrogen-bond acceptors (Lipinski definition) is 0. The third-order valence-corrected chi connectivity index (χ3v) is 6.33. The molecule has 0 aromatic heterocycles. The van der Waals surface area contributed by atoms with Gasteiger partial charge in [-0.05, 0) is 12.6 Å². The minimum Gasteiger partial charge on any atom is -0.146 e. The highest BCUT2D eigenvalue weighted by atomic mass is 35.7. The summed E-state index contributed by atoms with van der Waals surface area (Å²) in [6.07, 6.45) is 19.7. The molecule has 20 heavy (non-hydrogen) atoms. The summed E-state index contributed by atoms with van der Waals surface area (Å²) in [6.45, 7) is 2.49. The maximum atomic E-state index is 6.09. The third kappa shape index (κ3) is 18.8. The van der Waals surface area contributed by atoms with E-state index in [2.05, 4.69) is 6.92 Å². The Balaban J connectivity index is 2.99. The molecule has 0 amide bonds. The molecule has 0 bridgehead atoms. The quantitative estimate of drug-likeness (QED) is 0.161. The van der Waals surface area contributed by atoms with Crippen LogP contribution in [0.15, 0.2) is 0 Å². The molecule has 0 aliphatic heterocycles. The lowest BCUT2D eigenvalue weighted by atomic mass is 10.0. The lowest BCUT2D eigenvalue weighted by Crippen LogP contribution is -2.11. The van der Waals surface area contributed by atoms with Gasteiger partial charge < -0.3 is 0 Å². The maximum Gasteiger partial charge on any atom is 0.248 e. The molecule has 0 spiro atoms. The van der Waals surface area contributed by atoms with Crippen LogP contribution < -0.4 is 0 Å². The molecule has 0 aromatic carbocycles. The number of unbranched alkanes of at least 4 members (excludes halogenated alkanes) is 13. The topological polar surface area (TPSA) is 0 Å². The second-order valence-corrected chi connectivity index (χ2v) is 14.6. The van der Waals surface area contributed by atoms with Crippen molar-refractivity contribution < 1.29 is 0 Å². The third-order valence-electron chi connectivity index (χ3n) is 3.97. The van der Waals surface area contributed by atoms with Crippen LogP contribution in [-0.4, -0.2) is 6.69 Å². The highest BCUT2D eigenvalue weighted by molar-refractivity contribution is 7.44. The minimum atomic E-state index is -1.82. The molecule has 122 valence electrons. The predicted molar refractivity (Wildman–Crippen MR) is 98.4 cm³/mol. The highest BCUT2D eigenvalue weighted by Gasteiger charge is 2.19. The Morgan fingerprint density at radius 2 is 0.850 bits per heavy atom. The van der Waals surface area contributed by atoms with Crippen molar-refractivity contribution in [2.24, 2.45) is 0 Å². The van der Waals surface area contributed by atoms with Gasteiger partial charge in [0, 0.05) is 0 Å². The van der Waals surface area contributed by atoms with Crippen LogP contribution in [-0.2, 0) is 0 Å². The van der Waals surface area contributed by atoms with Gasteiger partial charge in [0.15, 0.2) is 0 Å². The van der Waals surface area contributed by atoms with E-state index >= 15 is 0 Å². The highest BCUT2D eigenvalue weighted by Crippen LogP contribution is 2.23. The Morgan fingerprint density at radius 1 is 0.550 bits per heavy atom. The van der Waals surface area contributed by atoms with Gasteiger partial charge in [-0.1, -0.05) is 96.8 Å². The van der Waals surface area contributed by atoms with Crippen LogP contribution in [0.3, 0.4) is 0 Å². The van der Waals surface area contributed by atoms with Gasteiger partial charge in [-0.15, -0.1) is 22.2 Å². The normalized spacial score (nSPS) is 12.0. The molecular weight excluding hydrogens is 303 g/mol. The first-order chi connectivity index (χ1) is 9.56. The molecule has 0 unspecified atom stereocenters. The van der Waals surface area contributed by atoms with Gasteiger partial charge in [0.1, 0.15) is 0 Å². The molecule has 0 heterocycles. The van der Waals surface area contributed by atoms with Crippen LogP contribution in [0, 0.1) is 0 Å². The van der Waals surface area contributed by atoms with Crippen molar-refractivity contribution in [2.75, 3.05) is 0 Å². The van der Waals surface area contributed by atoms with Crippen LogP contribution in [0.25, 0.3) is 0 Å². The molecule has 0 aliphatic rings. The molecule has 0 rings (SSSR count). The maximum absolute atomic E-state index is 6.09. The molecular formula is C17H36Cl2Si. The van der Waals surface area contributed by atoms with E-state index in [0.717, 1.165) is 6.04 Å². The molecule has 0 aliphatic carbocycles. The zero-order valence-corrected chi connectivity index (χ0v) is 16.4. The average molecular weight is 339 g/mol. The van der Waals surface area contributed by atoms with E-state index in [9.17, 15) is 0 Å². The first-order valence-corrected chi connectivity index (χ1v) is 13.7. The summed E-state index contributed by atoms with van der Waals surface area (Å²) in [4.78, 5) is 0. The van der Waals surface area contributed by atoms with Gasteiger partial charge in [-0.3, -0.25) is 0 Å². The summed E-state index contributed by atoms with van der Waals surface area (Å²) in [7, 11) is 0. The van der Waals surface area contributed by atoms with Crippen LogP contribution >= 0.6 is 22.2 Å². The molecule has 0 aromatic rings. The average Bonchev–Trinajstić information content (AvgIpc) is 2.38. The number of halogens is 2. The molecule has 0 atom stereocenters. The first-order valence-electron chi connectivity index (χ1n) is 8.94. The summed E-state index contributed by atoms with van der Waals surface area (Å²) in [6, 6.07) is 1.06. The van der Waals surface area contributed by atoms with Gasteiger partial charge in [0.25, 0.3) is 0 Å². The van der Waals surface area contributed by atoms with Crippen molar-refractivity contribution in [1.29, 1.82) is 0 Å². The van der Waals surface area contributed by atoms with Crippen molar-refractivity contribution >= 4 is 28.9 Å². The van der Waals surface area contributed by atoms with E-state index in [0.29, 0.717) is 0 Å². The fraction of sp³-hybridized carbons (Fsp3) is 1.00. The van der Waals surface area contributed by atoms with Crippen LogP contribution in [0.2, 0.25) is 12.6 Å². The molecule has 0 fully saturated rings. The minimum absolute atomic E-state index is 1.06. The standard InChI is InChI=1S/C17H36Cl2Si/c1-3-4-5-6-7-8-9-10-11-12-13-14-15-16-17-20(2,18)19/h3-17H2,1-2H3. The van der Waals surface area contributed by atoms with Gasteiger partial charge in [0.05, 0.1) is 0 Å². The van der Waals surface area contributed by atoms with Crippen molar-refractivity contribution in [3.8, 4) is 0 Å². The van der Waals surface area contributed by atoms with Gasteiger partial charge >= 0.3 is 0 Å². The molecule has 0 nitrogen and oxygen atoms in total. The fourth-order valence-electron chi connectivity index (χ4n) is 2.63. The van der Waals surface area contributed by atoms with E-state index in [4.69, 9.17) is 22.2 Å². The summed E-state index contributed by atoms with van der Waals surface area (Å²) >= 11 is 12.2. The Morgan fingerprint density at radius 3 is 1.15 bits per heavy atom. The molecule has 0 saturated heterocycles. The summed E-state index contributed by atoms with van der Waals surface area (Å²) in [5.41, 5.74) is 0. The largest absolute Gasteiger partial charge is 0.248 e. The Hall–Kier alpha value is 0.797. The van der Waals surface area contributed by atoms with Crippen LogP contribution in [0.4, 0.5) is 0 Å². The van der Waals surface area contributed by atoms with E-state index in [1.54, 1.807) is 0 Å². The number of hydrogen-bond donors (Lipinski definition) is 0. The zero-order chi connectivity index (χ0) is 15.1. The van der Waals surface area contributed by atoms with E-state index in [-0.39, 0.29) is 0 Å². The van der Waals surface area contributed by atoms with Crippen molar-refractivity contribution in [3.05, 3.63) is 0 Å².